The number of primary amides is 1. The number of hydrogen-bond donors (Lipinski definition) is 9. The molecule has 4 aromatic rings. The van der Waals surface area contributed by atoms with Crippen LogP contribution in [-0.4, -0.2) is 107 Å². The van der Waals surface area contributed by atoms with Gasteiger partial charge in [0.15, 0.2) is 16.5 Å². The Labute approximate surface area is 344 Å². The molecule has 18 heteroatoms. The molecular formula is C41H42N6O10S2. The SMILES string of the molecule is C[C@H]1c2ccc(NC(=S)Nc3ccc(NS(=O)(=O)c4ccc5c(N(C)C)cccc5c4)cc3)c(O)c2C(O)=C2C(=O)[C@]3(O)C(O)=C(C(N)=O)C(=O)[C@@H](N(C)C)[C@@H]3[C@@H](O)[C@@H]21. The second-order valence-corrected chi connectivity index (χ2v) is 17.4. The summed E-state index contributed by atoms with van der Waals surface area (Å²) in [6.45, 7) is 1.63. The van der Waals surface area contributed by atoms with Crippen LogP contribution in [0.1, 0.15) is 24.0 Å². The van der Waals surface area contributed by atoms with E-state index in [-0.39, 0.29) is 26.9 Å². The number of aliphatic hydroxyl groups excluding tert-OH is 3. The zero-order chi connectivity index (χ0) is 43.0. The molecule has 10 N–H and O–H groups in total. The number of carbonyl (C=O) groups is 3. The van der Waals surface area contributed by atoms with Crippen LogP contribution in [0, 0.1) is 11.8 Å². The lowest BCUT2D eigenvalue weighted by atomic mass is 9.54. The smallest absolute Gasteiger partial charge is 0.261 e. The molecule has 4 aromatic carbocycles. The van der Waals surface area contributed by atoms with Crippen LogP contribution in [0.2, 0.25) is 0 Å². The Bertz CT molecular complexity index is 2660. The molecule has 0 spiro atoms. The van der Waals surface area contributed by atoms with Crippen molar-refractivity contribution in [1.82, 2.24) is 4.90 Å². The average Bonchev–Trinajstić information content (AvgIpc) is 3.17. The van der Waals surface area contributed by atoms with E-state index in [0.717, 1.165) is 16.5 Å². The number of rotatable bonds is 8. The monoisotopic (exact) mass is 842 g/mol. The van der Waals surface area contributed by atoms with Crippen LogP contribution < -0.4 is 26.0 Å². The number of nitrogens with one attached hydrogen (secondary N) is 3. The summed E-state index contributed by atoms with van der Waals surface area (Å²) in [5.41, 5.74) is 2.60. The average molecular weight is 843 g/mol. The Morgan fingerprint density at radius 2 is 1.58 bits per heavy atom. The van der Waals surface area contributed by atoms with E-state index in [1.165, 1.54) is 37.2 Å². The van der Waals surface area contributed by atoms with Crippen LogP contribution >= 0.6 is 12.2 Å². The number of aliphatic hydroxyl groups is 4. The highest BCUT2D eigenvalue weighted by Gasteiger charge is 2.68. The molecule has 1 fully saturated rings. The van der Waals surface area contributed by atoms with Gasteiger partial charge in [-0.15, -0.1) is 0 Å². The molecule has 6 atom stereocenters. The van der Waals surface area contributed by atoms with Gasteiger partial charge in [-0.25, -0.2) is 8.42 Å². The molecule has 16 nitrogen and oxygen atoms in total. The molecule has 0 aliphatic heterocycles. The number of anilines is 4. The number of carbonyl (C=O) groups excluding carboxylic acids is 3. The summed E-state index contributed by atoms with van der Waals surface area (Å²) in [5, 5.41) is 65.5. The van der Waals surface area contributed by atoms with Crippen LogP contribution in [-0.2, 0) is 24.4 Å². The van der Waals surface area contributed by atoms with Crippen LogP contribution in [0.15, 0.2) is 94.6 Å². The number of Topliss-reactive ketones (excluding diaryl/α,β-unsaturated/α-hetero) is 2. The van der Waals surface area contributed by atoms with Gasteiger partial charge in [0.1, 0.15) is 22.8 Å². The summed E-state index contributed by atoms with van der Waals surface area (Å²) < 4.78 is 29.2. The summed E-state index contributed by atoms with van der Waals surface area (Å²) in [6, 6.07) is 18.3. The summed E-state index contributed by atoms with van der Waals surface area (Å²) in [5.74, 6) is -10.0. The van der Waals surface area contributed by atoms with Gasteiger partial charge in [0.05, 0.1) is 34.2 Å². The minimum Gasteiger partial charge on any atom is -0.508 e. The number of amides is 1. The van der Waals surface area contributed by atoms with E-state index in [4.69, 9.17) is 18.0 Å². The predicted molar refractivity (Wildman–Crippen MR) is 226 cm³/mol. The summed E-state index contributed by atoms with van der Waals surface area (Å²) in [4.78, 5) is 43.3. The summed E-state index contributed by atoms with van der Waals surface area (Å²) >= 11 is 5.48. The van der Waals surface area contributed by atoms with Gasteiger partial charge < -0.3 is 46.8 Å². The molecule has 0 bridgehead atoms. The number of phenols is 1. The van der Waals surface area contributed by atoms with Gasteiger partial charge in [0, 0.05) is 48.0 Å². The number of aromatic hydroxyl groups is 1. The van der Waals surface area contributed by atoms with Crippen molar-refractivity contribution in [2.75, 3.05) is 48.4 Å². The molecule has 59 heavy (non-hydrogen) atoms. The maximum atomic E-state index is 14.3. The number of likely N-dealkylation sites (N-methyl/N-ethyl adjacent to an activating group) is 1. The summed E-state index contributed by atoms with van der Waals surface area (Å²) in [7, 11) is 2.74. The van der Waals surface area contributed by atoms with Gasteiger partial charge in [-0.3, -0.25) is 24.0 Å². The van der Waals surface area contributed by atoms with Crippen molar-refractivity contribution in [2.45, 2.75) is 35.5 Å². The lowest BCUT2D eigenvalue weighted by Crippen LogP contribution is -2.70. The normalized spacial score (nSPS) is 24.0. The van der Waals surface area contributed by atoms with Crippen molar-refractivity contribution in [2.24, 2.45) is 17.6 Å². The molecule has 3 aliphatic carbocycles. The minimum atomic E-state index is -3.95. The number of benzene rings is 4. The molecule has 0 unspecified atom stereocenters. The standard InChI is InChI=1S/C41H42N6O10S2/c1-18-23-15-16-25(33(48)28(23)34(49)29-27(18)35(50)31-32(47(4)5)36(51)30(39(42)54)38(53)41(31,55)37(29)52)44-40(58)43-20-9-11-21(12-10-20)45-59(56,57)22-13-14-24-19(17-22)7-6-8-26(24)46(2)3/h6-18,27,31-32,35,45,48-50,53,55H,1-5H3,(H2,42,54)(H2,43,44,58)/t18-,27+,31+,32-,35-,41-/m0/s1. The first-order chi connectivity index (χ1) is 27.7. The number of ketones is 2. The van der Waals surface area contributed by atoms with E-state index < -0.39 is 91.4 Å². The van der Waals surface area contributed by atoms with E-state index in [0.29, 0.717) is 11.3 Å². The second kappa shape index (κ2) is 14.6. The first-order valence-corrected chi connectivity index (χ1v) is 20.2. The molecule has 0 heterocycles. The zero-order valence-electron chi connectivity index (χ0n) is 32.4. The van der Waals surface area contributed by atoms with Crippen molar-refractivity contribution in [3.05, 3.63) is 101 Å². The van der Waals surface area contributed by atoms with E-state index in [1.54, 1.807) is 43.3 Å². The third-order valence-corrected chi connectivity index (χ3v) is 13.0. The molecule has 0 aromatic heterocycles. The molecule has 308 valence electrons. The quantitative estimate of drug-likeness (QED) is 0.0701. The lowest BCUT2D eigenvalue weighted by molar-refractivity contribution is -0.169. The maximum absolute atomic E-state index is 14.3. The van der Waals surface area contributed by atoms with Gasteiger partial charge >= 0.3 is 0 Å². The molecule has 1 amide bonds. The first kappa shape index (κ1) is 41.1. The Morgan fingerprint density at radius 1 is 0.915 bits per heavy atom. The Morgan fingerprint density at radius 3 is 2.20 bits per heavy atom. The number of sulfonamides is 1. The Hall–Kier alpha value is -6.05. The maximum Gasteiger partial charge on any atom is 0.261 e. The van der Waals surface area contributed by atoms with E-state index in [9.17, 15) is 48.3 Å². The van der Waals surface area contributed by atoms with Gasteiger partial charge in [-0.2, -0.15) is 0 Å². The second-order valence-electron chi connectivity index (χ2n) is 15.3. The van der Waals surface area contributed by atoms with Gasteiger partial charge in [0.25, 0.3) is 15.9 Å². The number of thiocarbonyl (C=S) groups is 1. The third kappa shape index (κ3) is 6.52. The fourth-order valence-electron chi connectivity index (χ4n) is 8.64. The summed E-state index contributed by atoms with van der Waals surface area (Å²) in [6.07, 6.45) is -1.72. The van der Waals surface area contributed by atoms with Gasteiger partial charge in [-0.1, -0.05) is 31.2 Å². The van der Waals surface area contributed by atoms with Crippen LogP contribution in [0.25, 0.3) is 16.5 Å². The van der Waals surface area contributed by atoms with Crippen LogP contribution in [0.4, 0.5) is 22.7 Å². The number of fused-ring (bicyclic) bond motifs is 4. The van der Waals surface area contributed by atoms with Crippen LogP contribution in [0.3, 0.4) is 0 Å². The third-order valence-electron chi connectivity index (χ3n) is 11.4. The minimum absolute atomic E-state index is 0.00777. The zero-order valence-corrected chi connectivity index (χ0v) is 34.0. The van der Waals surface area contributed by atoms with Crippen molar-refractivity contribution in [3.8, 4) is 5.75 Å². The molecule has 0 radical (unpaired) electrons. The number of hydrogen-bond acceptors (Lipinski definition) is 13. The first-order valence-electron chi connectivity index (χ1n) is 18.3. The van der Waals surface area contributed by atoms with E-state index in [1.807, 2.05) is 37.2 Å². The van der Waals surface area contributed by atoms with Crippen molar-refractivity contribution in [1.29, 1.82) is 0 Å². The topological polar surface area (TPSA) is 255 Å². The molecular weight excluding hydrogens is 801 g/mol. The fraction of sp³-hybridized carbons (Fsp3) is 0.268. The highest BCUT2D eigenvalue weighted by molar-refractivity contribution is 7.92. The highest BCUT2D eigenvalue weighted by Crippen LogP contribution is 2.56. The van der Waals surface area contributed by atoms with Gasteiger partial charge in [0.2, 0.25) is 5.78 Å². The Balaban J connectivity index is 1.12. The lowest BCUT2D eigenvalue weighted by Gasteiger charge is -2.53. The van der Waals surface area contributed by atoms with Crippen molar-refractivity contribution >= 4 is 84.1 Å². The van der Waals surface area contributed by atoms with Crippen LogP contribution in [0.5, 0.6) is 5.75 Å². The highest BCUT2D eigenvalue weighted by atomic mass is 32.2. The molecule has 3 aliphatic rings. The number of phenolic OH excluding ortho intramolecular Hbond substituents is 1. The van der Waals surface area contributed by atoms with E-state index >= 15 is 0 Å². The number of nitrogens with two attached hydrogens (primary N) is 1. The van der Waals surface area contributed by atoms with Crippen molar-refractivity contribution < 1.29 is 48.3 Å². The van der Waals surface area contributed by atoms with Crippen molar-refractivity contribution in [3.63, 3.8) is 0 Å². The number of nitrogens with zero attached hydrogens (tertiary/aromatic N) is 2. The Kier molecular flexibility index (Phi) is 10.2. The van der Waals surface area contributed by atoms with E-state index in [2.05, 4.69) is 15.4 Å². The molecule has 0 saturated heterocycles. The predicted octanol–water partition coefficient (Wildman–Crippen LogP) is 3.32. The largest absolute Gasteiger partial charge is 0.508 e. The fourth-order valence-corrected chi connectivity index (χ4v) is 9.96. The van der Waals surface area contributed by atoms with Gasteiger partial charge in [-0.05, 0) is 91.7 Å². The molecule has 7 rings (SSSR count). The molecule has 1 saturated carbocycles.